The van der Waals surface area contributed by atoms with E-state index in [1.54, 1.807) is 13.2 Å². The topological polar surface area (TPSA) is 111 Å². The van der Waals surface area contributed by atoms with E-state index in [1.165, 1.54) is 16.4 Å². The number of aryl methyl sites for hydroxylation is 1. The summed E-state index contributed by atoms with van der Waals surface area (Å²) in [7, 11) is -2.33. The monoisotopic (exact) mass is 593 g/mol. The van der Waals surface area contributed by atoms with Crippen molar-refractivity contribution in [2.45, 2.75) is 42.7 Å². The molecule has 0 radical (unpaired) electrons. The summed E-state index contributed by atoms with van der Waals surface area (Å²) in [5, 5.41) is 0.0798. The number of carbonyl (C=O) groups is 1. The summed E-state index contributed by atoms with van der Waals surface area (Å²) in [6.07, 6.45) is 2.60. The molecule has 1 amide bonds. The van der Waals surface area contributed by atoms with E-state index in [0.717, 1.165) is 42.7 Å². The van der Waals surface area contributed by atoms with Crippen LogP contribution < -0.4 is 5.73 Å². The molecular formula is C27H33Cl2N5O4S. The number of likely N-dealkylation sites (tertiary alicyclic amines) is 1. The molecule has 1 unspecified atom stereocenters. The summed E-state index contributed by atoms with van der Waals surface area (Å²) in [5.41, 5.74) is 8.38. The number of sulfonamides is 1. The molecule has 0 spiro atoms. The maximum atomic E-state index is 13.7. The molecule has 0 aliphatic carbocycles. The van der Waals surface area contributed by atoms with Gasteiger partial charge in [0.15, 0.2) is 0 Å². The van der Waals surface area contributed by atoms with E-state index >= 15 is 0 Å². The number of nitrogens with two attached hydrogens (primary N) is 1. The Morgan fingerprint density at radius 1 is 1.10 bits per heavy atom. The second-order valence-corrected chi connectivity index (χ2v) is 12.9. The second kappa shape index (κ2) is 11.7. The zero-order valence-electron chi connectivity index (χ0n) is 21.8. The fourth-order valence-electron chi connectivity index (χ4n) is 5.74. The molecule has 0 bridgehead atoms. The van der Waals surface area contributed by atoms with Crippen molar-refractivity contribution in [3.8, 4) is 0 Å². The highest BCUT2D eigenvalue weighted by atomic mass is 35.5. The van der Waals surface area contributed by atoms with Crippen LogP contribution >= 0.6 is 23.2 Å². The lowest BCUT2D eigenvalue weighted by Crippen LogP contribution is -2.47. The highest BCUT2D eigenvalue weighted by Gasteiger charge is 2.44. The van der Waals surface area contributed by atoms with Gasteiger partial charge in [0.05, 0.1) is 27.0 Å². The van der Waals surface area contributed by atoms with Gasteiger partial charge in [-0.25, -0.2) is 13.4 Å². The Kier molecular flexibility index (Phi) is 8.51. The minimum absolute atomic E-state index is 0.0133. The molecule has 1 aromatic heterocycles. The predicted octanol–water partition coefficient (Wildman–Crippen LogP) is 3.73. The number of ether oxygens (including phenoxy) is 1. The summed E-state index contributed by atoms with van der Waals surface area (Å²) in [4.78, 5) is 20.4. The number of fused-ring (bicyclic) bond motifs is 1. The minimum atomic E-state index is -4.02. The number of piperidine rings is 1. The van der Waals surface area contributed by atoms with Gasteiger partial charge < -0.3 is 19.9 Å². The van der Waals surface area contributed by atoms with Crippen molar-refractivity contribution in [2.24, 2.45) is 11.7 Å². The predicted molar refractivity (Wildman–Crippen MR) is 151 cm³/mol. The molecule has 9 nitrogen and oxygen atoms in total. The quantitative estimate of drug-likeness (QED) is 0.398. The molecule has 5 rings (SSSR count). The van der Waals surface area contributed by atoms with Crippen molar-refractivity contribution >= 4 is 50.2 Å². The third kappa shape index (κ3) is 5.55. The van der Waals surface area contributed by atoms with Gasteiger partial charge >= 0.3 is 0 Å². The van der Waals surface area contributed by atoms with Crippen molar-refractivity contribution in [1.29, 1.82) is 0 Å². The lowest BCUT2D eigenvalue weighted by molar-refractivity contribution is -0.136. The zero-order chi connectivity index (χ0) is 27.7. The van der Waals surface area contributed by atoms with Crippen LogP contribution in [0.5, 0.6) is 0 Å². The third-order valence-corrected chi connectivity index (χ3v) is 10.5. The molecule has 0 saturated carbocycles. The Morgan fingerprint density at radius 2 is 1.85 bits per heavy atom. The summed E-state index contributed by atoms with van der Waals surface area (Å²) in [5.74, 6) is 0.257. The van der Waals surface area contributed by atoms with E-state index in [9.17, 15) is 13.2 Å². The van der Waals surface area contributed by atoms with E-state index in [2.05, 4.69) is 10.6 Å². The molecule has 12 heteroatoms. The number of benzene rings is 2. The van der Waals surface area contributed by atoms with Gasteiger partial charge in [-0.3, -0.25) is 4.79 Å². The number of hydrogen-bond acceptors (Lipinski definition) is 6. The molecule has 2 aliphatic rings. The van der Waals surface area contributed by atoms with Crippen LogP contribution in [0.15, 0.2) is 47.4 Å². The van der Waals surface area contributed by atoms with Gasteiger partial charge in [-0.2, -0.15) is 4.31 Å². The van der Waals surface area contributed by atoms with Gasteiger partial charge in [-0.05, 0) is 43.5 Å². The first-order chi connectivity index (χ1) is 18.7. The van der Waals surface area contributed by atoms with E-state index in [0.29, 0.717) is 19.7 Å². The standard InChI is InChI=1S/C27H33Cl2N5O4S/c1-38-14-6-13-34-24-11-3-2-10-23(24)31-26(34)18-7-5-12-32(15-18)27(35)19-16-33(17-22(19)30)39(36,37)25-20(28)8-4-9-21(25)29/h2-4,8-11,18-19,22H,5-7,12-17,30H2,1H3/t18?,19-,22-/m1/s1. The Balaban J connectivity index is 1.34. The fourth-order valence-corrected chi connectivity index (χ4v) is 8.33. The van der Waals surface area contributed by atoms with Crippen molar-refractivity contribution in [3.63, 3.8) is 0 Å². The van der Waals surface area contributed by atoms with Crippen LogP contribution in [0.2, 0.25) is 10.0 Å². The summed E-state index contributed by atoms with van der Waals surface area (Å²) in [6, 6.07) is 12.0. The average Bonchev–Trinajstić information content (AvgIpc) is 3.49. The molecule has 210 valence electrons. The number of amides is 1. The van der Waals surface area contributed by atoms with Gasteiger partial charge in [-0.15, -0.1) is 0 Å². The molecule has 3 heterocycles. The van der Waals surface area contributed by atoms with Gasteiger partial charge in [0.25, 0.3) is 0 Å². The van der Waals surface area contributed by atoms with Crippen LogP contribution in [0.3, 0.4) is 0 Å². The van der Waals surface area contributed by atoms with Crippen molar-refractivity contribution < 1.29 is 17.9 Å². The van der Waals surface area contributed by atoms with Crippen LogP contribution in [0.4, 0.5) is 0 Å². The first-order valence-electron chi connectivity index (χ1n) is 13.1. The summed E-state index contributed by atoms with van der Waals surface area (Å²) in [6.45, 7) is 2.55. The molecular weight excluding hydrogens is 561 g/mol. The first kappa shape index (κ1) is 28.3. The lowest BCUT2D eigenvalue weighted by atomic mass is 9.94. The van der Waals surface area contributed by atoms with Crippen molar-refractivity contribution in [3.05, 3.63) is 58.3 Å². The van der Waals surface area contributed by atoms with E-state index in [4.69, 9.17) is 38.7 Å². The number of imidazole rings is 1. The number of carbonyl (C=O) groups excluding carboxylic acids is 1. The van der Waals surface area contributed by atoms with E-state index in [-0.39, 0.29) is 39.9 Å². The Labute approximate surface area is 238 Å². The highest BCUT2D eigenvalue weighted by molar-refractivity contribution is 7.89. The number of methoxy groups -OCH3 is 1. The number of nitrogens with zero attached hydrogens (tertiary/aromatic N) is 4. The molecule has 3 atom stereocenters. The highest BCUT2D eigenvalue weighted by Crippen LogP contribution is 2.35. The van der Waals surface area contributed by atoms with Crippen molar-refractivity contribution in [1.82, 2.24) is 18.8 Å². The van der Waals surface area contributed by atoms with E-state index in [1.807, 2.05) is 23.1 Å². The minimum Gasteiger partial charge on any atom is -0.385 e. The van der Waals surface area contributed by atoms with Crippen LogP contribution in [0.25, 0.3) is 11.0 Å². The number of rotatable bonds is 8. The normalized spacial score (nSPS) is 22.6. The molecule has 39 heavy (non-hydrogen) atoms. The number of halogens is 2. The molecule has 2 aliphatic heterocycles. The maximum Gasteiger partial charge on any atom is 0.246 e. The van der Waals surface area contributed by atoms with Crippen molar-refractivity contribution in [2.75, 3.05) is 39.9 Å². The number of aromatic nitrogens is 2. The maximum absolute atomic E-state index is 13.7. The van der Waals surface area contributed by atoms with Gasteiger partial charge in [0.1, 0.15) is 10.7 Å². The molecule has 2 aromatic carbocycles. The smallest absolute Gasteiger partial charge is 0.246 e. The second-order valence-electron chi connectivity index (χ2n) is 10.2. The van der Waals surface area contributed by atoms with Crippen LogP contribution in [-0.2, 0) is 26.1 Å². The van der Waals surface area contributed by atoms with Crippen LogP contribution in [0, 0.1) is 5.92 Å². The Hall–Kier alpha value is -2.21. The molecule has 2 fully saturated rings. The largest absolute Gasteiger partial charge is 0.385 e. The Morgan fingerprint density at radius 3 is 2.59 bits per heavy atom. The van der Waals surface area contributed by atoms with Gasteiger partial charge in [-0.1, -0.05) is 41.4 Å². The first-order valence-corrected chi connectivity index (χ1v) is 15.3. The molecule has 3 aromatic rings. The Bertz CT molecular complexity index is 1440. The van der Waals surface area contributed by atoms with Crippen LogP contribution in [-0.4, -0.2) is 79.0 Å². The van der Waals surface area contributed by atoms with Gasteiger partial charge in [0.2, 0.25) is 15.9 Å². The SMILES string of the molecule is COCCCn1c(C2CCCN(C(=O)[C@@H]3CN(S(=O)(=O)c4c(Cl)cccc4Cl)C[C@H]3N)C2)nc2ccccc21. The number of para-hydroxylation sites is 2. The van der Waals surface area contributed by atoms with E-state index < -0.39 is 22.0 Å². The van der Waals surface area contributed by atoms with Gasteiger partial charge in [0, 0.05) is 58.4 Å². The number of hydrogen-bond donors (Lipinski definition) is 1. The van der Waals surface area contributed by atoms with Crippen LogP contribution in [0.1, 0.15) is 31.0 Å². The zero-order valence-corrected chi connectivity index (χ0v) is 24.1. The summed E-state index contributed by atoms with van der Waals surface area (Å²) < 4.78 is 35.5. The lowest BCUT2D eigenvalue weighted by Gasteiger charge is -2.35. The summed E-state index contributed by atoms with van der Waals surface area (Å²) >= 11 is 12.4. The average molecular weight is 595 g/mol. The third-order valence-electron chi connectivity index (χ3n) is 7.68. The fraction of sp³-hybridized carbons (Fsp3) is 0.481. The molecule has 2 saturated heterocycles. The molecule has 2 N–H and O–H groups in total.